The molecule has 0 aliphatic heterocycles. The average Bonchev–Trinajstić information content (AvgIpc) is 2.70. The molecule has 2 aromatic heterocycles. The van der Waals surface area contributed by atoms with Crippen LogP contribution in [0.3, 0.4) is 0 Å². The van der Waals surface area contributed by atoms with E-state index in [4.69, 9.17) is 11.6 Å². The first kappa shape index (κ1) is 10.8. The molecule has 0 bridgehead atoms. The molecule has 9 heteroatoms. The molecule has 2 heterocycles. The average molecular weight is 261 g/mol. The van der Waals surface area contributed by atoms with Gasteiger partial charge in [0, 0.05) is 0 Å². The van der Waals surface area contributed by atoms with E-state index in [0.717, 1.165) is 18.7 Å². The van der Waals surface area contributed by atoms with E-state index < -0.39 is 10.0 Å². The first-order valence-electron chi connectivity index (χ1n) is 3.98. The van der Waals surface area contributed by atoms with E-state index in [1.54, 1.807) is 0 Å². The van der Waals surface area contributed by atoms with Gasteiger partial charge in [0.15, 0.2) is 0 Å². The number of nitrogens with zero attached hydrogens (tertiary/aromatic N) is 3. The molecule has 0 saturated heterocycles. The Kier molecular flexibility index (Phi) is 2.75. The monoisotopic (exact) mass is 260 g/mol. The van der Waals surface area contributed by atoms with E-state index >= 15 is 0 Å². The van der Waals surface area contributed by atoms with Gasteiger partial charge in [-0.25, -0.2) is 18.4 Å². The number of aromatic nitrogens is 3. The molecule has 0 amide bonds. The molecule has 0 saturated carbocycles. The van der Waals surface area contributed by atoms with Gasteiger partial charge in [0.25, 0.3) is 10.0 Å². The maximum atomic E-state index is 11.7. The molecule has 0 fully saturated rings. The van der Waals surface area contributed by atoms with Crippen molar-refractivity contribution in [2.75, 3.05) is 4.72 Å². The smallest absolute Gasteiger partial charge is 0.265 e. The van der Waals surface area contributed by atoms with Crippen LogP contribution in [0.1, 0.15) is 0 Å². The third-order valence-corrected chi connectivity index (χ3v) is 3.12. The number of hydrogen-bond acceptors (Lipinski definition) is 6. The number of hydrogen-bond donors (Lipinski definition) is 1. The summed E-state index contributed by atoms with van der Waals surface area (Å²) in [7, 11) is -3.73. The van der Waals surface area contributed by atoms with E-state index in [2.05, 4.69) is 24.4 Å². The maximum Gasteiger partial charge on any atom is 0.265 e. The third kappa shape index (κ3) is 2.28. The molecular formula is C7H5ClN4O3S. The maximum absolute atomic E-state index is 11.7. The highest BCUT2D eigenvalue weighted by molar-refractivity contribution is 7.92. The van der Waals surface area contributed by atoms with E-state index in [1.165, 1.54) is 6.20 Å². The van der Waals surface area contributed by atoms with E-state index in [0.29, 0.717) is 0 Å². The Labute approximate surface area is 95.5 Å². The van der Waals surface area contributed by atoms with Gasteiger partial charge in [0.05, 0.1) is 18.6 Å². The summed E-state index contributed by atoms with van der Waals surface area (Å²) in [4.78, 5) is 7.04. The topological polar surface area (TPSA) is 98.0 Å². The van der Waals surface area contributed by atoms with Crippen LogP contribution in [-0.2, 0) is 10.0 Å². The predicted octanol–water partition coefficient (Wildman–Crippen LogP) is 0.919. The molecule has 7 nitrogen and oxygen atoms in total. The SMILES string of the molecule is O=S(=O)(Nc1cnoc1)c1cnc(Cl)nc1. The summed E-state index contributed by atoms with van der Waals surface area (Å²) in [5, 5.41) is 3.34. The van der Waals surface area contributed by atoms with Crippen LogP contribution in [0.4, 0.5) is 5.69 Å². The summed E-state index contributed by atoms with van der Waals surface area (Å²) < 4.78 is 30.1. The number of nitrogens with one attached hydrogen (secondary N) is 1. The van der Waals surface area contributed by atoms with Crippen molar-refractivity contribution in [2.24, 2.45) is 0 Å². The molecule has 0 radical (unpaired) electrons. The van der Waals surface area contributed by atoms with Crippen molar-refractivity contribution in [1.29, 1.82) is 0 Å². The molecule has 0 aliphatic rings. The van der Waals surface area contributed by atoms with E-state index in [-0.39, 0.29) is 15.9 Å². The molecule has 16 heavy (non-hydrogen) atoms. The molecule has 0 atom stereocenters. The van der Waals surface area contributed by atoms with Gasteiger partial charge in [-0.2, -0.15) is 0 Å². The van der Waals surface area contributed by atoms with Gasteiger partial charge in [-0.15, -0.1) is 0 Å². The Balaban J connectivity index is 2.29. The zero-order valence-electron chi connectivity index (χ0n) is 7.66. The van der Waals surface area contributed by atoms with E-state index in [1.807, 2.05) is 0 Å². The van der Waals surface area contributed by atoms with Crippen LogP contribution in [0.15, 0.2) is 34.3 Å². The lowest BCUT2D eigenvalue weighted by Crippen LogP contribution is -2.13. The Morgan fingerprint density at radius 3 is 2.50 bits per heavy atom. The number of sulfonamides is 1. The number of anilines is 1. The molecular weight excluding hydrogens is 256 g/mol. The fourth-order valence-corrected chi connectivity index (χ4v) is 1.92. The van der Waals surface area contributed by atoms with Gasteiger partial charge < -0.3 is 4.52 Å². The van der Waals surface area contributed by atoms with Gasteiger partial charge in [-0.1, -0.05) is 5.16 Å². The van der Waals surface area contributed by atoms with Crippen LogP contribution >= 0.6 is 11.6 Å². The summed E-state index contributed by atoms with van der Waals surface area (Å²) in [5.74, 6) is 0. The lowest BCUT2D eigenvalue weighted by molar-refractivity contribution is 0.420. The molecule has 0 aromatic carbocycles. The minimum absolute atomic E-state index is 0.0241. The van der Waals surface area contributed by atoms with E-state index in [9.17, 15) is 8.42 Å². The van der Waals surface area contributed by atoms with Crippen LogP contribution in [-0.4, -0.2) is 23.5 Å². The minimum atomic E-state index is -3.73. The largest absolute Gasteiger partial charge is 0.362 e. The first-order chi connectivity index (χ1) is 7.58. The van der Waals surface area contributed by atoms with Gasteiger partial charge in [0.2, 0.25) is 5.28 Å². The summed E-state index contributed by atoms with van der Waals surface area (Å²) in [5.41, 5.74) is 0.218. The Hall–Kier alpha value is -1.67. The van der Waals surface area contributed by atoms with Crippen molar-refractivity contribution in [1.82, 2.24) is 15.1 Å². The highest BCUT2D eigenvalue weighted by Gasteiger charge is 2.15. The fraction of sp³-hybridized carbons (Fsp3) is 0. The van der Waals surface area contributed by atoms with Gasteiger partial charge >= 0.3 is 0 Å². The van der Waals surface area contributed by atoms with Gasteiger partial charge in [-0.05, 0) is 11.6 Å². The molecule has 2 rings (SSSR count). The van der Waals surface area contributed by atoms with Crippen LogP contribution < -0.4 is 4.72 Å². The molecule has 0 aliphatic carbocycles. The highest BCUT2D eigenvalue weighted by atomic mass is 35.5. The van der Waals surface area contributed by atoms with Crippen molar-refractivity contribution >= 4 is 27.3 Å². The Morgan fingerprint density at radius 1 is 1.25 bits per heavy atom. The van der Waals surface area contributed by atoms with Gasteiger partial charge in [-0.3, -0.25) is 4.72 Å². The lowest BCUT2D eigenvalue weighted by Gasteiger charge is -2.03. The zero-order valence-corrected chi connectivity index (χ0v) is 9.23. The molecule has 0 unspecified atom stereocenters. The normalized spacial score (nSPS) is 11.3. The second-order valence-electron chi connectivity index (χ2n) is 2.71. The molecule has 2 aromatic rings. The zero-order chi connectivity index (χ0) is 11.6. The lowest BCUT2D eigenvalue weighted by atomic mass is 10.6. The second kappa shape index (κ2) is 4.06. The summed E-state index contributed by atoms with van der Waals surface area (Å²) >= 11 is 5.44. The Bertz CT molecular complexity index is 566. The number of halogens is 1. The molecule has 0 spiro atoms. The standard InChI is InChI=1S/C7H5ClN4O3S/c8-7-9-2-6(3-10-7)16(13,14)12-5-1-11-15-4-5/h1-4,12H. The van der Waals surface area contributed by atoms with Crippen molar-refractivity contribution in [3.05, 3.63) is 30.1 Å². The van der Waals surface area contributed by atoms with Crippen molar-refractivity contribution < 1.29 is 12.9 Å². The van der Waals surface area contributed by atoms with Crippen molar-refractivity contribution in [2.45, 2.75) is 4.90 Å². The molecule has 1 N–H and O–H groups in total. The predicted molar refractivity (Wildman–Crippen MR) is 54.4 cm³/mol. The fourth-order valence-electron chi connectivity index (χ4n) is 0.909. The number of rotatable bonds is 3. The molecule has 84 valence electrons. The summed E-state index contributed by atoms with van der Waals surface area (Å²) in [6.07, 6.45) is 4.60. The van der Waals surface area contributed by atoms with Gasteiger partial charge in [0.1, 0.15) is 16.8 Å². The quantitative estimate of drug-likeness (QED) is 0.824. The second-order valence-corrected chi connectivity index (χ2v) is 4.73. The minimum Gasteiger partial charge on any atom is -0.362 e. The van der Waals surface area contributed by atoms with Crippen LogP contribution in [0.5, 0.6) is 0 Å². The third-order valence-electron chi connectivity index (χ3n) is 1.59. The van der Waals surface area contributed by atoms with Crippen LogP contribution in [0.25, 0.3) is 0 Å². The summed E-state index contributed by atoms with van der Waals surface area (Å²) in [6, 6.07) is 0. The van der Waals surface area contributed by atoms with Crippen LogP contribution in [0.2, 0.25) is 5.28 Å². The van der Waals surface area contributed by atoms with Crippen molar-refractivity contribution in [3.8, 4) is 0 Å². The van der Waals surface area contributed by atoms with Crippen molar-refractivity contribution in [3.63, 3.8) is 0 Å². The summed E-state index contributed by atoms with van der Waals surface area (Å²) in [6.45, 7) is 0. The first-order valence-corrected chi connectivity index (χ1v) is 5.84. The highest BCUT2D eigenvalue weighted by Crippen LogP contribution is 2.14. The Morgan fingerprint density at radius 2 is 1.94 bits per heavy atom. The van der Waals surface area contributed by atoms with Crippen LogP contribution in [0, 0.1) is 0 Å².